The van der Waals surface area contributed by atoms with Crippen LogP contribution in [0.1, 0.15) is 42.7 Å². The van der Waals surface area contributed by atoms with Crippen molar-refractivity contribution in [3.05, 3.63) is 65.7 Å². The maximum absolute atomic E-state index is 13.1. The van der Waals surface area contributed by atoms with Crippen LogP contribution in [0, 0.1) is 0 Å². The first kappa shape index (κ1) is 22.6. The van der Waals surface area contributed by atoms with Crippen LogP contribution in [0.5, 0.6) is 0 Å². The molecule has 0 aliphatic rings. The summed E-state index contributed by atoms with van der Waals surface area (Å²) in [6.45, 7) is 5.58. The van der Waals surface area contributed by atoms with E-state index in [0.717, 1.165) is 10.6 Å². The summed E-state index contributed by atoms with van der Waals surface area (Å²) in [6.07, 6.45) is 1.04. The first-order valence-electron chi connectivity index (χ1n) is 9.10. The number of hydrogen-bond acceptors (Lipinski definition) is 4. The maximum Gasteiger partial charge on any atom is 0.253 e. The largest absolute Gasteiger partial charge is 0.347 e. The van der Waals surface area contributed by atoms with Crippen LogP contribution in [0.4, 0.5) is 5.69 Å². The summed E-state index contributed by atoms with van der Waals surface area (Å²) in [4.78, 5) is 25.7. The number of amides is 2. The number of carbonyl (C=O) groups excluding carboxylic acids is 2. The van der Waals surface area contributed by atoms with E-state index in [1.807, 2.05) is 20.8 Å². The highest BCUT2D eigenvalue weighted by atomic mass is 32.2. The zero-order chi connectivity index (χ0) is 21.8. The SMILES string of the molecule is CN(C(C(=O)Nc1ccccc1C(=O)NC(C)(C)C)c1ccccc1)S(C)(=O)=O. The molecule has 0 aromatic heterocycles. The molecule has 0 aliphatic carbocycles. The van der Waals surface area contributed by atoms with Crippen molar-refractivity contribution in [3.63, 3.8) is 0 Å². The van der Waals surface area contributed by atoms with Gasteiger partial charge in [-0.15, -0.1) is 0 Å². The maximum atomic E-state index is 13.1. The molecule has 29 heavy (non-hydrogen) atoms. The molecule has 0 spiro atoms. The third-order valence-electron chi connectivity index (χ3n) is 4.17. The topological polar surface area (TPSA) is 95.6 Å². The molecule has 1 atom stereocenters. The molecule has 2 aromatic carbocycles. The number of anilines is 1. The predicted octanol–water partition coefficient (Wildman–Crippen LogP) is 2.79. The summed E-state index contributed by atoms with van der Waals surface area (Å²) in [6, 6.07) is 14.1. The van der Waals surface area contributed by atoms with Crippen molar-refractivity contribution in [2.45, 2.75) is 32.4 Å². The molecular formula is C21H27N3O4S. The molecule has 7 nitrogen and oxygen atoms in total. The van der Waals surface area contributed by atoms with Crippen molar-refractivity contribution in [1.29, 1.82) is 0 Å². The summed E-state index contributed by atoms with van der Waals surface area (Å²) >= 11 is 0. The highest BCUT2D eigenvalue weighted by molar-refractivity contribution is 7.88. The fourth-order valence-electron chi connectivity index (χ4n) is 2.75. The zero-order valence-corrected chi connectivity index (χ0v) is 18.1. The van der Waals surface area contributed by atoms with Crippen LogP contribution in [0.25, 0.3) is 0 Å². The number of nitrogens with one attached hydrogen (secondary N) is 2. The van der Waals surface area contributed by atoms with Crippen molar-refractivity contribution >= 4 is 27.5 Å². The molecule has 0 bridgehead atoms. The Labute approximate surface area is 172 Å². The second-order valence-corrected chi connectivity index (χ2v) is 9.87. The van der Waals surface area contributed by atoms with Gasteiger partial charge in [0.05, 0.1) is 17.5 Å². The van der Waals surface area contributed by atoms with E-state index in [0.29, 0.717) is 16.8 Å². The summed E-state index contributed by atoms with van der Waals surface area (Å²) in [5.41, 5.74) is 0.679. The van der Waals surface area contributed by atoms with Crippen molar-refractivity contribution in [2.75, 3.05) is 18.6 Å². The Morgan fingerprint density at radius 2 is 1.52 bits per heavy atom. The van der Waals surface area contributed by atoms with Crippen LogP contribution in [0.15, 0.2) is 54.6 Å². The second kappa shape index (κ2) is 8.75. The summed E-state index contributed by atoms with van der Waals surface area (Å²) in [5, 5.41) is 5.58. The molecule has 0 saturated carbocycles. The Balaban J connectivity index is 2.39. The minimum Gasteiger partial charge on any atom is -0.347 e. The van der Waals surface area contributed by atoms with Gasteiger partial charge in [0.2, 0.25) is 15.9 Å². The van der Waals surface area contributed by atoms with Gasteiger partial charge in [0, 0.05) is 12.6 Å². The minimum atomic E-state index is -3.64. The molecule has 0 saturated heterocycles. The summed E-state index contributed by atoms with van der Waals surface area (Å²) in [7, 11) is -2.29. The highest BCUT2D eigenvalue weighted by Gasteiger charge is 2.31. The summed E-state index contributed by atoms with van der Waals surface area (Å²) in [5.74, 6) is -0.888. The van der Waals surface area contributed by atoms with Gasteiger partial charge < -0.3 is 10.6 Å². The first-order valence-corrected chi connectivity index (χ1v) is 11.0. The third kappa shape index (κ3) is 6.13. The Kier molecular flexibility index (Phi) is 6.81. The Morgan fingerprint density at radius 1 is 0.966 bits per heavy atom. The van der Waals surface area contributed by atoms with Crippen LogP contribution in [0.3, 0.4) is 0 Å². The van der Waals surface area contributed by atoms with Crippen LogP contribution >= 0.6 is 0 Å². The number of hydrogen-bond donors (Lipinski definition) is 2. The average molecular weight is 418 g/mol. The van der Waals surface area contributed by atoms with Gasteiger partial charge >= 0.3 is 0 Å². The molecule has 2 amide bonds. The van der Waals surface area contributed by atoms with E-state index in [9.17, 15) is 18.0 Å². The molecule has 156 valence electrons. The van der Waals surface area contributed by atoms with Gasteiger partial charge in [0.25, 0.3) is 5.91 Å². The quantitative estimate of drug-likeness (QED) is 0.755. The van der Waals surface area contributed by atoms with Crippen molar-refractivity contribution in [1.82, 2.24) is 9.62 Å². The van der Waals surface area contributed by atoms with E-state index >= 15 is 0 Å². The number of carbonyl (C=O) groups is 2. The third-order valence-corrected chi connectivity index (χ3v) is 5.43. The van der Waals surface area contributed by atoms with Crippen molar-refractivity contribution < 1.29 is 18.0 Å². The van der Waals surface area contributed by atoms with Gasteiger partial charge in [-0.2, -0.15) is 4.31 Å². The lowest BCUT2D eigenvalue weighted by atomic mass is 10.0. The first-order chi connectivity index (χ1) is 13.4. The Bertz CT molecular complexity index is 982. The molecule has 0 heterocycles. The zero-order valence-electron chi connectivity index (χ0n) is 17.3. The smallest absolute Gasteiger partial charge is 0.253 e. The Hall–Kier alpha value is -2.71. The van der Waals surface area contributed by atoms with E-state index in [4.69, 9.17) is 0 Å². The molecule has 0 fully saturated rings. The standard InChI is InChI=1S/C21H27N3O4S/c1-21(2,3)23-19(25)16-13-9-10-14-17(16)22-20(26)18(24(4)29(5,27)28)15-11-7-6-8-12-15/h6-14,18H,1-5H3,(H,22,26)(H,23,25). The lowest BCUT2D eigenvalue weighted by Crippen LogP contribution is -2.41. The average Bonchev–Trinajstić information content (AvgIpc) is 2.61. The van der Waals surface area contributed by atoms with Crippen LogP contribution in [-0.2, 0) is 14.8 Å². The number of rotatable bonds is 6. The fraction of sp³-hybridized carbons (Fsp3) is 0.333. The number of nitrogens with zero attached hydrogens (tertiary/aromatic N) is 1. The van der Waals surface area contributed by atoms with E-state index in [-0.39, 0.29) is 5.91 Å². The predicted molar refractivity (Wildman–Crippen MR) is 114 cm³/mol. The van der Waals surface area contributed by atoms with E-state index < -0.39 is 27.5 Å². The van der Waals surface area contributed by atoms with Gasteiger partial charge in [-0.1, -0.05) is 42.5 Å². The summed E-state index contributed by atoms with van der Waals surface area (Å²) < 4.78 is 25.2. The van der Waals surface area contributed by atoms with Gasteiger partial charge in [0.15, 0.2) is 0 Å². The van der Waals surface area contributed by atoms with Gasteiger partial charge in [-0.05, 0) is 38.5 Å². The minimum absolute atomic E-state index is 0.296. The highest BCUT2D eigenvalue weighted by Crippen LogP contribution is 2.25. The van der Waals surface area contributed by atoms with Gasteiger partial charge in [0.1, 0.15) is 6.04 Å². The van der Waals surface area contributed by atoms with Crippen molar-refractivity contribution in [3.8, 4) is 0 Å². The monoisotopic (exact) mass is 417 g/mol. The van der Waals surface area contributed by atoms with Gasteiger partial charge in [-0.3, -0.25) is 9.59 Å². The molecule has 0 aliphatic heterocycles. The lowest BCUT2D eigenvalue weighted by Gasteiger charge is -2.26. The molecule has 8 heteroatoms. The molecule has 0 radical (unpaired) electrons. The number of para-hydroxylation sites is 1. The normalized spacial score (nSPS) is 13.0. The second-order valence-electron chi connectivity index (χ2n) is 7.83. The van der Waals surface area contributed by atoms with E-state index in [1.54, 1.807) is 54.6 Å². The fourth-order valence-corrected chi connectivity index (χ4v) is 3.35. The molecule has 2 aromatic rings. The number of likely N-dealkylation sites (N-methyl/N-ethyl adjacent to an activating group) is 1. The van der Waals surface area contributed by atoms with Gasteiger partial charge in [-0.25, -0.2) is 8.42 Å². The number of sulfonamides is 1. The Morgan fingerprint density at radius 3 is 2.07 bits per heavy atom. The molecule has 2 rings (SSSR count). The molecule has 2 N–H and O–H groups in total. The lowest BCUT2D eigenvalue weighted by molar-refractivity contribution is -0.119. The van der Waals surface area contributed by atoms with E-state index in [1.165, 1.54) is 7.05 Å². The number of benzene rings is 2. The van der Waals surface area contributed by atoms with E-state index in [2.05, 4.69) is 10.6 Å². The van der Waals surface area contributed by atoms with Crippen LogP contribution in [0.2, 0.25) is 0 Å². The van der Waals surface area contributed by atoms with Crippen molar-refractivity contribution in [2.24, 2.45) is 0 Å². The van der Waals surface area contributed by atoms with Crippen LogP contribution < -0.4 is 10.6 Å². The molecular weight excluding hydrogens is 390 g/mol. The molecule has 1 unspecified atom stereocenters. The van der Waals surface area contributed by atoms with Crippen LogP contribution in [-0.4, -0.2) is 43.4 Å².